The predicted molar refractivity (Wildman–Crippen MR) is 112 cm³/mol. The molecule has 2 aromatic rings. The Labute approximate surface area is 166 Å². The van der Waals surface area contributed by atoms with E-state index in [-0.39, 0.29) is 5.41 Å². The van der Waals surface area contributed by atoms with E-state index in [1.807, 2.05) is 17.6 Å². The number of anilines is 1. The summed E-state index contributed by atoms with van der Waals surface area (Å²) in [6.45, 7) is 13.4. The van der Waals surface area contributed by atoms with E-state index in [1.165, 1.54) is 5.56 Å². The molecule has 1 aliphatic rings. The molecule has 5 nitrogen and oxygen atoms in total. The largest absolute Gasteiger partial charge is 0.491 e. The summed E-state index contributed by atoms with van der Waals surface area (Å²) in [4.78, 5) is 8.98. The number of rotatable bonds is 6. The van der Waals surface area contributed by atoms with Gasteiger partial charge in [-0.15, -0.1) is 11.3 Å². The van der Waals surface area contributed by atoms with Gasteiger partial charge in [-0.05, 0) is 29.5 Å². The van der Waals surface area contributed by atoms with Crippen molar-refractivity contribution < 1.29 is 9.84 Å². The summed E-state index contributed by atoms with van der Waals surface area (Å²) >= 11 is 1.68. The molecule has 0 saturated carbocycles. The first-order chi connectivity index (χ1) is 12.8. The number of hydrogen-bond donors (Lipinski definition) is 1. The molecule has 148 valence electrons. The van der Waals surface area contributed by atoms with Crippen molar-refractivity contribution in [3.8, 4) is 5.75 Å². The fourth-order valence-corrected chi connectivity index (χ4v) is 4.01. The van der Waals surface area contributed by atoms with Crippen molar-refractivity contribution in [1.29, 1.82) is 0 Å². The molecule has 0 aliphatic carbocycles. The Balaban J connectivity index is 1.44. The smallest absolute Gasteiger partial charge is 0.185 e. The van der Waals surface area contributed by atoms with Gasteiger partial charge >= 0.3 is 0 Å². The first-order valence-corrected chi connectivity index (χ1v) is 10.5. The second-order valence-corrected chi connectivity index (χ2v) is 9.17. The van der Waals surface area contributed by atoms with Crippen LogP contribution in [0.2, 0.25) is 0 Å². The molecule has 1 aromatic heterocycles. The third-order valence-corrected chi connectivity index (χ3v) is 5.84. The number of nitrogens with zero attached hydrogens (tertiary/aromatic N) is 3. The molecule has 1 unspecified atom stereocenters. The number of thiazole rings is 1. The number of aryl methyl sites for hydroxylation is 1. The van der Waals surface area contributed by atoms with Crippen LogP contribution in [0, 0.1) is 6.92 Å². The van der Waals surface area contributed by atoms with Crippen molar-refractivity contribution in [2.75, 3.05) is 44.2 Å². The van der Waals surface area contributed by atoms with Crippen LogP contribution < -0.4 is 9.64 Å². The fraction of sp³-hybridized carbons (Fsp3) is 0.571. The van der Waals surface area contributed by atoms with E-state index in [0.717, 1.165) is 42.6 Å². The summed E-state index contributed by atoms with van der Waals surface area (Å²) in [5.41, 5.74) is 2.54. The zero-order valence-corrected chi connectivity index (χ0v) is 17.6. The zero-order chi connectivity index (χ0) is 19.4. The van der Waals surface area contributed by atoms with Crippen LogP contribution in [0.5, 0.6) is 5.75 Å². The molecule has 0 bridgehead atoms. The fourth-order valence-electron chi connectivity index (χ4n) is 3.31. The molecule has 0 amide bonds. The topological polar surface area (TPSA) is 48.8 Å². The van der Waals surface area contributed by atoms with Gasteiger partial charge in [0, 0.05) is 44.3 Å². The summed E-state index contributed by atoms with van der Waals surface area (Å²) in [5.74, 6) is 0.857. The maximum Gasteiger partial charge on any atom is 0.185 e. The second-order valence-electron chi connectivity index (χ2n) is 8.30. The van der Waals surface area contributed by atoms with Crippen LogP contribution in [-0.4, -0.2) is 60.4 Å². The number of benzene rings is 1. The lowest BCUT2D eigenvalue weighted by Gasteiger charge is -2.35. The average molecular weight is 390 g/mol. The number of aromatic nitrogens is 1. The molecular formula is C21H31N3O2S. The minimum absolute atomic E-state index is 0.129. The minimum atomic E-state index is -0.488. The van der Waals surface area contributed by atoms with E-state index in [0.29, 0.717) is 13.2 Å². The monoisotopic (exact) mass is 389 g/mol. The van der Waals surface area contributed by atoms with Gasteiger partial charge in [0.05, 0.1) is 0 Å². The molecule has 27 heavy (non-hydrogen) atoms. The lowest BCUT2D eigenvalue weighted by Crippen LogP contribution is -2.49. The van der Waals surface area contributed by atoms with Crippen LogP contribution >= 0.6 is 11.3 Å². The highest BCUT2D eigenvalue weighted by molar-refractivity contribution is 7.13. The number of β-amino-alcohol motifs (C(OH)–C–C–N with tert-alkyl or cyclic N) is 1. The zero-order valence-electron chi connectivity index (χ0n) is 16.8. The lowest BCUT2D eigenvalue weighted by atomic mass is 9.86. The molecule has 1 fully saturated rings. The molecule has 1 aliphatic heterocycles. The number of ether oxygens (including phenoxy) is 1. The molecule has 0 spiro atoms. The SMILES string of the molecule is Cc1cc(C(C)(C)C)ccc1OCC(O)CN1CCN(c2nccs2)CC1. The maximum atomic E-state index is 10.4. The van der Waals surface area contributed by atoms with E-state index < -0.39 is 6.10 Å². The van der Waals surface area contributed by atoms with Crippen LogP contribution in [0.4, 0.5) is 5.13 Å². The van der Waals surface area contributed by atoms with E-state index >= 15 is 0 Å². The molecule has 6 heteroatoms. The molecule has 0 radical (unpaired) electrons. The van der Waals surface area contributed by atoms with Crippen LogP contribution in [0.25, 0.3) is 0 Å². The van der Waals surface area contributed by atoms with Crippen molar-refractivity contribution in [1.82, 2.24) is 9.88 Å². The highest BCUT2D eigenvalue weighted by atomic mass is 32.1. The first kappa shape index (κ1) is 20.1. The highest BCUT2D eigenvalue weighted by Gasteiger charge is 2.21. The summed E-state index contributed by atoms with van der Waals surface area (Å²) in [6.07, 6.45) is 1.36. The molecule has 1 aromatic carbocycles. The van der Waals surface area contributed by atoms with Gasteiger partial charge in [-0.25, -0.2) is 4.98 Å². The van der Waals surface area contributed by atoms with Gasteiger partial charge in [-0.1, -0.05) is 32.9 Å². The van der Waals surface area contributed by atoms with Crippen LogP contribution in [-0.2, 0) is 5.41 Å². The molecule has 1 atom stereocenters. The van der Waals surface area contributed by atoms with Crippen LogP contribution in [0.15, 0.2) is 29.8 Å². The quantitative estimate of drug-likeness (QED) is 0.821. The van der Waals surface area contributed by atoms with Gasteiger partial charge in [0.1, 0.15) is 18.5 Å². The number of aliphatic hydroxyl groups excluding tert-OH is 1. The first-order valence-electron chi connectivity index (χ1n) is 9.62. The van der Waals surface area contributed by atoms with Crippen molar-refractivity contribution >= 4 is 16.5 Å². The van der Waals surface area contributed by atoms with Gasteiger partial charge in [0.2, 0.25) is 0 Å². The summed E-state index contributed by atoms with van der Waals surface area (Å²) < 4.78 is 5.89. The molecular weight excluding hydrogens is 358 g/mol. The Hall–Kier alpha value is -1.63. The minimum Gasteiger partial charge on any atom is -0.491 e. The van der Waals surface area contributed by atoms with Gasteiger partial charge in [0.15, 0.2) is 5.13 Å². The van der Waals surface area contributed by atoms with E-state index in [9.17, 15) is 5.11 Å². The summed E-state index contributed by atoms with van der Waals surface area (Å²) in [6, 6.07) is 6.32. The standard InChI is InChI=1S/C21H31N3O2S/c1-16-13-17(21(2,3)4)5-6-19(16)26-15-18(25)14-23-8-10-24(11-9-23)20-22-7-12-27-20/h5-7,12-13,18,25H,8-11,14-15H2,1-4H3. The summed E-state index contributed by atoms with van der Waals surface area (Å²) in [7, 11) is 0. The average Bonchev–Trinajstić information content (AvgIpc) is 3.15. The van der Waals surface area contributed by atoms with Crippen molar-refractivity contribution in [3.63, 3.8) is 0 Å². The van der Waals surface area contributed by atoms with Gasteiger partial charge in [-0.3, -0.25) is 4.90 Å². The lowest BCUT2D eigenvalue weighted by molar-refractivity contribution is 0.0660. The van der Waals surface area contributed by atoms with Crippen molar-refractivity contribution in [3.05, 3.63) is 40.9 Å². The Morgan fingerprint density at radius 1 is 1.22 bits per heavy atom. The number of hydrogen-bond acceptors (Lipinski definition) is 6. The molecule has 2 heterocycles. The molecule has 3 rings (SSSR count). The number of aliphatic hydroxyl groups is 1. The van der Waals surface area contributed by atoms with E-state index in [1.54, 1.807) is 11.3 Å². The Bertz CT molecular complexity index is 720. The Morgan fingerprint density at radius 3 is 2.56 bits per heavy atom. The van der Waals surface area contributed by atoms with E-state index in [2.05, 4.69) is 54.6 Å². The van der Waals surface area contributed by atoms with Crippen LogP contribution in [0.3, 0.4) is 0 Å². The molecule has 1 N–H and O–H groups in total. The number of piperazine rings is 1. The van der Waals surface area contributed by atoms with Gasteiger partial charge in [0.25, 0.3) is 0 Å². The maximum absolute atomic E-state index is 10.4. The van der Waals surface area contributed by atoms with E-state index in [4.69, 9.17) is 4.74 Å². The third kappa shape index (κ3) is 5.43. The van der Waals surface area contributed by atoms with Crippen LogP contribution in [0.1, 0.15) is 31.9 Å². The molecule has 1 saturated heterocycles. The van der Waals surface area contributed by atoms with Gasteiger partial charge in [-0.2, -0.15) is 0 Å². The normalized spacial score (nSPS) is 17.1. The van der Waals surface area contributed by atoms with Crippen molar-refractivity contribution in [2.24, 2.45) is 0 Å². The van der Waals surface area contributed by atoms with Crippen molar-refractivity contribution in [2.45, 2.75) is 39.2 Å². The van der Waals surface area contributed by atoms with Gasteiger partial charge < -0.3 is 14.7 Å². The second kappa shape index (κ2) is 8.59. The summed E-state index contributed by atoms with van der Waals surface area (Å²) in [5, 5.41) is 13.5. The third-order valence-electron chi connectivity index (χ3n) is 5.00. The highest BCUT2D eigenvalue weighted by Crippen LogP contribution is 2.27. The Morgan fingerprint density at radius 2 is 1.96 bits per heavy atom. The predicted octanol–water partition coefficient (Wildman–Crippen LogP) is 3.31. The Kier molecular flexibility index (Phi) is 6.40.